The van der Waals surface area contributed by atoms with Crippen LogP contribution in [0.2, 0.25) is 0 Å². The van der Waals surface area contributed by atoms with E-state index in [2.05, 4.69) is 4.74 Å². The summed E-state index contributed by atoms with van der Waals surface area (Å²) in [7, 11) is 0. The molecule has 0 aromatic heterocycles. The molecule has 3 N–H and O–H groups in total. The summed E-state index contributed by atoms with van der Waals surface area (Å²) in [5.41, 5.74) is 0.374. The molecule has 7 heteroatoms. The normalized spacial score (nSPS) is 9.62. The van der Waals surface area contributed by atoms with E-state index in [1.165, 1.54) is 6.07 Å². The third-order valence-corrected chi connectivity index (χ3v) is 2.99. The summed E-state index contributed by atoms with van der Waals surface area (Å²) in [6.07, 6.45) is 3.19. The number of aliphatic hydroxyl groups excluding tert-OH is 1. The Hall–Kier alpha value is -2.41. The lowest BCUT2D eigenvalue weighted by atomic mass is 9.97. The fourth-order valence-corrected chi connectivity index (χ4v) is 1.87. The molecular weight excluding hydrogens is 316 g/mol. The van der Waals surface area contributed by atoms with E-state index in [-0.39, 0.29) is 11.1 Å². The minimum Gasteiger partial charge on any atom is -0.478 e. The van der Waals surface area contributed by atoms with Crippen LogP contribution in [0.3, 0.4) is 0 Å². The SMILES string of the molecule is CCCCc1cccc(C(=O)O)c1C(=O)O.CCCOC(=O)CO. The predicted octanol–water partition coefficient (Wildman–Crippen LogP) is 2.36. The summed E-state index contributed by atoms with van der Waals surface area (Å²) in [5, 5.41) is 26.0. The second kappa shape index (κ2) is 12.1. The molecule has 1 aromatic rings. The number of aromatic carboxylic acids is 2. The Morgan fingerprint density at radius 1 is 1.04 bits per heavy atom. The highest BCUT2D eigenvalue weighted by atomic mass is 16.5. The molecule has 0 unspecified atom stereocenters. The van der Waals surface area contributed by atoms with Crippen molar-refractivity contribution in [3.05, 3.63) is 34.9 Å². The van der Waals surface area contributed by atoms with Crippen LogP contribution < -0.4 is 0 Å². The molecule has 0 aliphatic heterocycles. The van der Waals surface area contributed by atoms with Crippen LogP contribution in [0.1, 0.15) is 59.4 Å². The van der Waals surface area contributed by atoms with Gasteiger partial charge >= 0.3 is 17.9 Å². The van der Waals surface area contributed by atoms with Gasteiger partial charge < -0.3 is 20.1 Å². The highest BCUT2D eigenvalue weighted by molar-refractivity contribution is 6.02. The third kappa shape index (κ3) is 7.73. The molecule has 0 aliphatic carbocycles. The van der Waals surface area contributed by atoms with Crippen molar-refractivity contribution in [1.29, 1.82) is 0 Å². The maximum Gasteiger partial charge on any atom is 0.336 e. The number of unbranched alkanes of at least 4 members (excludes halogenated alkanes) is 1. The average molecular weight is 340 g/mol. The van der Waals surface area contributed by atoms with Gasteiger partial charge in [0.25, 0.3) is 0 Å². The molecule has 0 radical (unpaired) electrons. The number of esters is 1. The van der Waals surface area contributed by atoms with E-state index >= 15 is 0 Å². The largest absolute Gasteiger partial charge is 0.478 e. The summed E-state index contributed by atoms with van der Waals surface area (Å²) in [6.45, 7) is 3.78. The zero-order valence-corrected chi connectivity index (χ0v) is 13.9. The van der Waals surface area contributed by atoms with Crippen LogP contribution in [0, 0.1) is 0 Å². The van der Waals surface area contributed by atoms with Crippen molar-refractivity contribution in [2.45, 2.75) is 39.5 Å². The zero-order chi connectivity index (χ0) is 18.5. The van der Waals surface area contributed by atoms with E-state index in [9.17, 15) is 14.4 Å². The van der Waals surface area contributed by atoms with E-state index in [4.69, 9.17) is 15.3 Å². The quantitative estimate of drug-likeness (QED) is 0.621. The topological polar surface area (TPSA) is 121 Å². The summed E-state index contributed by atoms with van der Waals surface area (Å²) in [6, 6.07) is 4.58. The number of hydrogen-bond donors (Lipinski definition) is 3. The second-order valence-electron chi connectivity index (χ2n) is 4.93. The first kappa shape index (κ1) is 21.6. The average Bonchev–Trinajstić information content (AvgIpc) is 2.57. The van der Waals surface area contributed by atoms with Crippen molar-refractivity contribution in [2.24, 2.45) is 0 Å². The lowest BCUT2D eigenvalue weighted by Crippen LogP contribution is -2.11. The first-order valence-electron chi connectivity index (χ1n) is 7.73. The third-order valence-electron chi connectivity index (χ3n) is 2.99. The number of carbonyl (C=O) groups excluding carboxylic acids is 1. The van der Waals surface area contributed by atoms with Crippen molar-refractivity contribution in [3.8, 4) is 0 Å². The van der Waals surface area contributed by atoms with Gasteiger partial charge in [0.1, 0.15) is 6.61 Å². The minimum atomic E-state index is -1.20. The van der Waals surface area contributed by atoms with Gasteiger partial charge in [0, 0.05) is 0 Å². The highest BCUT2D eigenvalue weighted by Gasteiger charge is 2.19. The predicted molar refractivity (Wildman–Crippen MR) is 87.3 cm³/mol. The van der Waals surface area contributed by atoms with Gasteiger partial charge in [-0.3, -0.25) is 0 Å². The van der Waals surface area contributed by atoms with Crippen LogP contribution in [0.5, 0.6) is 0 Å². The number of benzene rings is 1. The molecule has 0 atom stereocenters. The van der Waals surface area contributed by atoms with Gasteiger partial charge in [-0.05, 0) is 30.9 Å². The van der Waals surface area contributed by atoms with Gasteiger partial charge in [0.05, 0.1) is 17.7 Å². The fraction of sp³-hybridized carbons (Fsp3) is 0.471. The Morgan fingerprint density at radius 3 is 2.17 bits per heavy atom. The molecule has 0 saturated carbocycles. The molecule has 1 rings (SSSR count). The van der Waals surface area contributed by atoms with Gasteiger partial charge in [-0.15, -0.1) is 0 Å². The summed E-state index contributed by atoms with van der Waals surface area (Å²) in [4.78, 5) is 32.0. The molecule has 0 spiro atoms. The minimum absolute atomic E-state index is 0.0801. The summed E-state index contributed by atoms with van der Waals surface area (Å²) in [5.74, 6) is -2.92. The van der Waals surface area contributed by atoms with E-state index in [1.54, 1.807) is 12.1 Å². The maximum atomic E-state index is 11.0. The smallest absolute Gasteiger partial charge is 0.336 e. The molecule has 0 heterocycles. The van der Waals surface area contributed by atoms with Crippen LogP contribution in [-0.2, 0) is 16.0 Å². The molecule has 0 saturated heterocycles. The molecule has 24 heavy (non-hydrogen) atoms. The van der Waals surface area contributed by atoms with E-state index in [0.29, 0.717) is 18.6 Å². The maximum absolute atomic E-state index is 11.0. The van der Waals surface area contributed by atoms with Crippen LogP contribution in [-0.4, -0.2) is 46.4 Å². The van der Waals surface area contributed by atoms with Gasteiger partial charge in [-0.25, -0.2) is 14.4 Å². The number of carboxylic acid groups (broad SMARTS) is 2. The molecule has 134 valence electrons. The Balaban J connectivity index is 0.000000561. The molecule has 0 amide bonds. The van der Waals surface area contributed by atoms with Gasteiger partial charge in [-0.2, -0.15) is 0 Å². The lowest BCUT2D eigenvalue weighted by Gasteiger charge is -2.08. The number of aliphatic hydroxyl groups is 1. The first-order chi connectivity index (χ1) is 11.4. The van der Waals surface area contributed by atoms with Crippen LogP contribution in [0.4, 0.5) is 0 Å². The van der Waals surface area contributed by atoms with Crippen molar-refractivity contribution in [1.82, 2.24) is 0 Å². The highest BCUT2D eigenvalue weighted by Crippen LogP contribution is 2.17. The van der Waals surface area contributed by atoms with E-state index in [1.807, 2.05) is 13.8 Å². The number of aryl methyl sites for hydroxylation is 1. The van der Waals surface area contributed by atoms with E-state index < -0.39 is 24.5 Å². The van der Waals surface area contributed by atoms with Crippen molar-refractivity contribution < 1.29 is 34.4 Å². The molecule has 0 fully saturated rings. The van der Waals surface area contributed by atoms with Crippen molar-refractivity contribution in [2.75, 3.05) is 13.2 Å². The van der Waals surface area contributed by atoms with Crippen LogP contribution in [0.15, 0.2) is 18.2 Å². The van der Waals surface area contributed by atoms with Crippen LogP contribution >= 0.6 is 0 Å². The number of rotatable bonds is 8. The van der Waals surface area contributed by atoms with Gasteiger partial charge in [0.15, 0.2) is 0 Å². The molecule has 0 aliphatic rings. The van der Waals surface area contributed by atoms with E-state index in [0.717, 1.165) is 19.3 Å². The second-order valence-corrected chi connectivity index (χ2v) is 4.93. The lowest BCUT2D eigenvalue weighted by molar-refractivity contribution is -0.146. The summed E-state index contributed by atoms with van der Waals surface area (Å²) >= 11 is 0. The fourth-order valence-electron chi connectivity index (χ4n) is 1.87. The Kier molecular flexibility index (Phi) is 10.9. The van der Waals surface area contributed by atoms with Gasteiger partial charge in [0.2, 0.25) is 0 Å². The van der Waals surface area contributed by atoms with Crippen molar-refractivity contribution in [3.63, 3.8) is 0 Å². The molecule has 1 aromatic carbocycles. The Bertz CT molecular complexity index is 552. The standard InChI is InChI=1S/C12H14O4.C5H10O3/c1-2-3-5-8-6-4-7-9(11(13)14)10(8)12(15)16;1-2-3-8-5(7)4-6/h4,6-7H,2-3,5H2,1H3,(H,13,14)(H,15,16);6H,2-4H2,1H3. The zero-order valence-electron chi connectivity index (χ0n) is 13.9. The number of carbonyl (C=O) groups is 3. The first-order valence-corrected chi connectivity index (χ1v) is 7.73. The van der Waals surface area contributed by atoms with Crippen molar-refractivity contribution >= 4 is 17.9 Å². The number of ether oxygens (including phenoxy) is 1. The molecule has 7 nitrogen and oxygen atoms in total. The Morgan fingerprint density at radius 2 is 1.71 bits per heavy atom. The van der Waals surface area contributed by atoms with Crippen LogP contribution in [0.25, 0.3) is 0 Å². The number of hydrogen-bond acceptors (Lipinski definition) is 5. The number of carboxylic acids is 2. The molecule has 0 bridgehead atoms. The summed E-state index contributed by atoms with van der Waals surface area (Å²) < 4.78 is 4.45. The molecular formula is C17H24O7. The van der Waals surface area contributed by atoms with Gasteiger partial charge in [-0.1, -0.05) is 32.4 Å². The Labute approximate surface area is 140 Å². The monoisotopic (exact) mass is 340 g/mol.